The molecule has 4 rings (SSSR count). The van der Waals surface area contributed by atoms with Gasteiger partial charge in [0.25, 0.3) is 5.91 Å². The maximum absolute atomic E-state index is 13.2. The second kappa shape index (κ2) is 9.88. The number of Topliss-reactive ketones (excluding diaryl/α,β-unsaturated/α-hetero) is 1. The maximum atomic E-state index is 13.2. The molecule has 1 aromatic carbocycles. The van der Waals surface area contributed by atoms with Crippen LogP contribution < -0.4 is 0 Å². The molecule has 3 aliphatic rings. The minimum Gasteiger partial charge on any atom is -0.341 e. The SMILES string of the molecule is CC(C)Cc1ccc(C(=O)C2CCN(C(=O)CN3C(=O)N(C)C4(CCCCC4)C3=O)CC2)cc1. The number of hydrogen-bond donors (Lipinski definition) is 0. The molecule has 34 heavy (non-hydrogen) atoms. The molecule has 4 amide bonds. The number of rotatable bonds is 6. The summed E-state index contributed by atoms with van der Waals surface area (Å²) in [6.07, 6.45) is 6.46. The summed E-state index contributed by atoms with van der Waals surface area (Å²) in [6, 6.07) is 7.53. The summed E-state index contributed by atoms with van der Waals surface area (Å²) in [5, 5.41) is 0. The summed E-state index contributed by atoms with van der Waals surface area (Å²) < 4.78 is 0. The first kappa shape index (κ1) is 24.4. The van der Waals surface area contributed by atoms with Crippen LogP contribution in [0, 0.1) is 11.8 Å². The lowest BCUT2D eigenvalue weighted by Crippen LogP contribution is -2.50. The average Bonchev–Trinajstić information content (AvgIpc) is 3.00. The zero-order valence-corrected chi connectivity index (χ0v) is 20.7. The quantitative estimate of drug-likeness (QED) is 0.470. The third-order valence-corrected chi connectivity index (χ3v) is 7.88. The molecule has 2 saturated heterocycles. The number of carbonyl (C=O) groups excluding carboxylic acids is 4. The van der Waals surface area contributed by atoms with Crippen molar-refractivity contribution in [2.75, 3.05) is 26.7 Å². The molecular formula is C27H37N3O4. The molecule has 7 heteroatoms. The molecule has 0 unspecified atom stereocenters. The molecule has 1 aliphatic carbocycles. The van der Waals surface area contributed by atoms with Crippen molar-refractivity contribution < 1.29 is 19.2 Å². The molecule has 2 aliphatic heterocycles. The highest BCUT2D eigenvalue weighted by atomic mass is 16.2. The Hall–Kier alpha value is -2.70. The number of likely N-dealkylation sites (tertiary alicyclic amines) is 1. The van der Waals surface area contributed by atoms with Crippen LogP contribution >= 0.6 is 0 Å². The van der Waals surface area contributed by atoms with Crippen LogP contribution in [-0.4, -0.2) is 70.5 Å². The number of likely N-dealkylation sites (N-methyl/N-ethyl adjacent to an activating group) is 1. The number of piperidine rings is 1. The molecule has 184 valence electrons. The van der Waals surface area contributed by atoms with E-state index < -0.39 is 5.54 Å². The molecule has 0 aromatic heterocycles. The Morgan fingerprint density at radius 1 is 1.00 bits per heavy atom. The van der Waals surface area contributed by atoms with Crippen molar-refractivity contribution >= 4 is 23.6 Å². The topological polar surface area (TPSA) is 78.0 Å². The van der Waals surface area contributed by atoms with Gasteiger partial charge in [0.1, 0.15) is 12.1 Å². The molecule has 1 aromatic rings. The summed E-state index contributed by atoms with van der Waals surface area (Å²) in [5.41, 5.74) is 1.20. The lowest BCUT2D eigenvalue weighted by atomic mass is 9.81. The smallest absolute Gasteiger partial charge is 0.327 e. The minimum atomic E-state index is -0.764. The second-order valence-corrected chi connectivity index (χ2v) is 10.6. The Labute approximate surface area is 202 Å². The van der Waals surface area contributed by atoms with Crippen LogP contribution in [0.1, 0.15) is 74.7 Å². The number of nitrogens with zero attached hydrogens (tertiary/aromatic N) is 3. The van der Waals surface area contributed by atoms with E-state index in [-0.39, 0.29) is 36.1 Å². The third kappa shape index (κ3) is 4.62. The molecular weight excluding hydrogens is 430 g/mol. The fraction of sp³-hybridized carbons (Fsp3) is 0.630. The minimum absolute atomic E-state index is 0.105. The molecule has 0 radical (unpaired) electrons. The zero-order chi connectivity index (χ0) is 24.5. The number of amides is 4. The molecule has 7 nitrogen and oxygen atoms in total. The standard InChI is InChI=1S/C27H37N3O4/c1-19(2)17-20-7-9-21(10-8-20)24(32)22-11-15-29(16-12-22)23(31)18-30-25(33)27(28(3)26(30)34)13-5-4-6-14-27/h7-10,19,22H,4-6,11-18H2,1-3H3. The lowest BCUT2D eigenvalue weighted by Gasteiger charge is -2.36. The van der Waals surface area contributed by atoms with E-state index in [1.165, 1.54) is 5.56 Å². The third-order valence-electron chi connectivity index (χ3n) is 7.88. The van der Waals surface area contributed by atoms with Gasteiger partial charge in [-0.1, -0.05) is 57.4 Å². The van der Waals surface area contributed by atoms with Gasteiger partial charge in [-0.05, 0) is 43.6 Å². The number of hydrogen-bond acceptors (Lipinski definition) is 4. The van der Waals surface area contributed by atoms with Gasteiger partial charge >= 0.3 is 6.03 Å². The first-order valence-corrected chi connectivity index (χ1v) is 12.7. The van der Waals surface area contributed by atoms with Crippen LogP contribution in [0.5, 0.6) is 0 Å². The van der Waals surface area contributed by atoms with E-state index in [9.17, 15) is 19.2 Å². The molecule has 1 saturated carbocycles. The summed E-state index contributed by atoms with van der Waals surface area (Å²) in [5.74, 6) is 0.162. The average molecular weight is 468 g/mol. The summed E-state index contributed by atoms with van der Waals surface area (Å²) in [7, 11) is 1.68. The highest BCUT2D eigenvalue weighted by molar-refractivity contribution is 6.09. The number of imide groups is 1. The van der Waals surface area contributed by atoms with Crippen LogP contribution in [0.3, 0.4) is 0 Å². The number of benzene rings is 1. The predicted octanol–water partition coefficient (Wildman–Crippen LogP) is 3.90. The van der Waals surface area contributed by atoms with Crippen molar-refractivity contribution in [3.63, 3.8) is 0 Å². The van der Waals surface area contributed by atoms with Gasteiger partial charge in [0.2, 0.25) is 5.91 Å². The van der Waals surface area contributed by atoms with E-state index in [1.807, 2.05) is 24.3 Å². The van der Waals surface area contributed by atoms with Crippen molar-refractivity contribution in [1.29, 1.82) is 0 Å². The monoisotopic (exact) mass is 467 g/mol. The van der Waals surface area contributed by atoms with Gasteiger partial charge in [-0.2, -0.15) is 0 Å². The van der Waals surface area contributed by atoms with Gasteiger partial charge in [-0.3, -0.25) is 19.3 Å². The highest BCUT2D eigenvalue weighted by Gasteiger charge is 2.56. The fourth-order valence-corrected chi connectivity index (χ4v) is 5.81. The molecule has 0 atom stereocenters. The summed E-state index contributed by atoms with van der Waals surface area (Å²) >= 11 is 0. The van der Waals surface area contributed by atoms with E-state index in [0.29, 0.717) is 44.7 Å². The normalized spacial score (nSPS) is 21.1. The van der Waals surface area contributed by atoms with Crippen LogP contribution in [0.15, 0.2) is 24.3 Å². The van der Waals surface area contributed by atoms with Crippen LogP contribution in [0.2, 0.25) is 0 Å². The zero-order valence-electron chi connectivity index (χ0n) is 20.7. The largest absolute Gasteiger partial charge is 0.341 e. The fourth-order valence-electron chi connectivity index (χ4n) is 5.81. The van der Waals surface area contributed by atoms with Crippen molar-refractivity contribution in [1.82, 2.24) is 14.7 Å². The van der Waals surface area contributed by atoms with E-state index >= 15 is 0 Å². The van der Waals surface area contributed by atoms with E-state index in [4.69, 9.17) is 0 Å². The first-order valence-electron chi connectivity index (χ1n) is 12.7. The molecule has 3 fully saturated rings. The number of urea groups is 1. The number of ketones is 1. The van der Waals surface area contributed by atoms with Gasteiger partial charge < -0.3 is 9.80 Å². The Balaban J connectivity index is 1.32. The van der Waals surface area contributed by atoms with Crippen molar-refractivity contribution in [2.45, 2.75) is 70.8 Å². The molecule has 1 spiro atoms. The Kier molecular flexibility index (Phi) is 7.10. The molecule has 0 N–H and O–H groups in total. The van der Waals surface area contributed by atoms with Gasteiger partial charge in [-0.25, -0.2) is 4.79 Å². The van der Waals surface area contributed by atoms with E-state index in [1.54, 1.807) is 16.8 Å². The second-order valence-electron chi connectivity index (χ2n) is 10.6. The van der Waals surface area contributed by atoms with Crippen molar-refractivity contribution in [3.05, 3.63) is 35.4 Å². The van der Waals surface area contributed by atoms with Gasteiger partial charge in [0.15, 0.2) is 5.78 Å². The summed E-state index contributed by atoms with van der Waals surface area (Å²) in [6.45, 7) is 5.08. The molecule has 0 bridgehead atoms. The summed E-state index contributed by atoms with van der Waals surface area (Å²) in [4.78, 5) is 56.3. The maximum Gasteiger partial charge on any atom is 0.327 e. The first-order chi connectivity index (χ1) is 16.2. The van der Waals surface area contributed by atoms with Gasteiger partial charge in [-0.15, -0.1) is 0 Å². The van der Waals surface area contributed by atoms with Crippen LogP contribution in [0.25, 0.3) is 0 Å². The van der Waals surface area contributed by atoms with Crippen LogP contribution in [-0.2, 0) is 16.0 Å². The lowest BCUT2D eigenvalue weighted by molar-refractivity contribution is -0.141. The highest BCUT2D eigenvalue weighted by Crippen LogP contribution is 2.39. The van der Waals surface area contributed by atoms with Gasteiger partial charge in [0, 0.05) is 31.6 Å². The van der Waals surface area contributed by atoms with E-state index in [2.05, 4.69) is 13.8 Å². The van der Waals surface area contributed by atoms with Gasteiger partial charge in [0.05, 0.1) is 0 Å². The predicted molar refractivity (Wildman–Crippen MR) is 129 cm³/mol. The van der Waals surface area contributed by atoms with Crippen LogP contribution in [0.4, 0.5) is 4.79 Å². The van der Waals surface area contributed by atoms with E-state index in [0.717, 1.165) is 36.1 Å². The Morgan fingerprint density at radius 2 is 1.62 bits per heavy atom. The van der Waals surface area contributed by atoms with Crippen molar-refractivity contribution in [2.24, 2.45) is 11.8 Å². The molecule has 2 heterocycles. The Morgan fingerprint density at radius 3 is 2.21 bits per heavy atom. The number of carbonyl (C=O) groups is 4. The van der Waals surface area contributed by atoms with Crippen molar-refractivity contribution in [3.8, 4) is 0 Å². The Bertz CT molecular complexity index is 941.